The fourth-order valence-electron chi connectivity index (χ4n) is 2.27. The third kappa shape index (κ3) is 4.78. The molecule has 0 aromatic carbocycles. The van der Waals surface area contributed by atoms with E-state index in [1.165, 1.54) is 0 Å². The number of rotatable bonds is 9. The number of aliphatic hydroxyl groups excluding tert-OH is 1. The van der Waals surface area contributed by atoms with Gasteiger partial charge in [0.1, 0.15) is 0 Å². The minimum Gasteiger partial charge on any atom is -0.396 e. The molecule has 0 spiro atoms. The van der Waals surface area contributed by atoms with Crippen molar-refractivity contribution in [3.05, 3.63) is 0 Å². The lowest BCUT2D eigenvalue weighted by Crippen LogP contribution is -2.40. The van der Waals surface area contributed by atoms with Crippen molar-refractivity contribution in [2.24, 2.45) is 17.3 Å². The average Bonchev–Trinajstić information content (AvgIpc) is 3.18. The largest absolute Gasteiger partial charge is 0.396 e. The van der Waals surface area contributed by atoms with Gasteiger partial charge in [0.25, 0.3) is 0 Å². The smallest absolute Gasteiger partial charge is 0.223 e. The van der Waals surface area contributed by atoms with Gasteiger partial charge in [-0.15, -0.1) is 0 Å². The monoisotopic (exact) mass is 284 g/mol. The Bertz CT molecular complexity index is 332. The number of amides is 2. The van der Waals surface area contributed by atoms with Gasteiger partial charge in [-0.05, 0) is 25.2 Å². The lowest BCUT2D eigenvalue weighted by Gasteiger charge is -2.29. The van der Waals surface area contributed by atoms with Crippen LogP contribution in [-0.4, -0.2) is 36.6 Å². The molecule has 0 aromatic heterocycles. The van der Waals surface area contributed by atoms with Gasteiger partial charge in [0.15, 0.2) is 0 Å². The molecule has 5 nitrogen and oxygen atoms in total. The van der Waals surface area contributed by atoms with Crippen LogP contribution < -0.4 is 10.6 Å². The Kier molecular flexibility index (Phi) is 6.46. The van der Waals surface area contributed by atoms with E-state index in [2.05, 4.69) is 17.6 Å². The molecule has 0 bridgehead atoms. The van der Waals surface area contributed by atoms with Crippen LogP contribution in [0.1, 0.15) is 46.5 Å². The van der Waals surface area contributed by atoms with Crippen molar-refractivity contribution in [3.63, 3.8) is 0 Å². The second kappa shape index (κ2) is 7.62. The summed E-state index contributed by atoms with van der Waals surface area (Å²) in [7, 11) is 0. The van der Waals surface area contributed by atoms with Crippen LogP contribution in [0.15, 0.2) is 0 Å². The number of carbonyl (C=O) groups is 2. The van der Waals surface area contributed by atoms with Gasteiger partial charge < -0.3 is 15.7 Å². The first-order chi connectivity index (χ1) is 9.48. The Hall–Kier alpha value is -1.10. The molecule has 5 heteroatoms. The normalized spacial score (nSPS) is 21.4. The standard InChI is InChI=1S/C15H28N2O3/c1-4-15(5-2,10-18)9-17-13(19)6-7-16-14(20)12-8-11(12)3/h11-12,18H,4-10H2,1-3H3,(H,16,20)(H,17,19). The molecule has 0 heterocycles. The van der Waals surface area contributed by atoms with Crippen molar-refractivity contribution in [2.75, 3.05) is 19.7 Å². The van der Waals surface area contributed by atoms with Crippen molar-refractivity contribution in [2.45, 2.75) is 46.5 Å². The number of hydrogen-bond acceptors (Lipinski definition) is 3. The highest BCUT2D eigenvalue weighted by Crippen LogP contribution is 2.37. The van der Waals surface area contributed by atoms with Gasteiger partial charge in [-0.1, -0.05) is 20.8 Å². The van der Waals surface area contributed by atoms with Crippen LogP contribution in [0.4, 0.5) is 0 Å². The lowest BCUT2D eigenvalue weighted by molar-refractivity contribution is -0.123. The van der Waals surface area contributed by atoms with Crippen LogP contribution in [0, 0.1) is 17.3 Å². The van der Waals surface area contributed by atoms with Gasteiger partial charge >= 0.3 is 0 Å². The van der Waals surface area contributed by atoms with E-state index >= 15 is 0 Å². The zero-order chi connectivity index (χ0) is 15.2. The van der Waals surface area contributed by atoms with E-state index in [4.69, 9.17) is 0 Å². The molecule has 1 aliphatic rings. The van der Waals surface area contributed by atoms with Crippen molar-refractivity contribution < 1.29 is 14.7 Å². The maximum Gasteiger partial charge on any atom is 0.223 e. The quantitative estimate of drug-likeness (QED) is 0.592. The first kappa shape index (κ1) is 17.0. The van der Waals surface area contributed by atoms with E-state index < -0.39 is 0 Å². The highest BCUT2D eigenvalue weighted by molar-refractivity contribution is 5.82. The van der Waals surface area contributed by atoms with Crippen LogP contribution >= 0.6 is 0 Å². The summed E-state index contributed by atoms with van der Waals surface area (Å²) in [6.07, 6.45) is 2.92. The molecular formula is C15H28N2O3. The van der Waals surface area contributed by atoms with Gasteiger partial charge in [-0.25, -0.2) is 0 Å². The number of carbonyl (C=O) groups excluding carboxylic acids is 2. The van der Waals surface area contributed by atoms with Crippen LogP contribution in [0.3, 0.4) is 0 Å². The lowest BCUT2D eigenvalue weighted by atomic mass is 9.83. The van der Waals surface area contributed by atoms with Crippen LogP contribution in [-0.2, 0) is 9.59 Å². The van der Waals surface area contributed by atoms with Crippen LogP contribution in [0.5, 0.6) is 0 Å². The van der Waals surface area contributed by atoms with E-state index in [1.54, 1.807) is 0 Å². The molecule has 1 fully saturated rings. The fraction of sp³-hybridized carbons (Fsp3) is 0.867. The molecule has 1 saturated carbocycles. The molecule has 3 N–H and O–H groups in total. The van der Waals surface area contributed by atoms with Crippen molar-refractivity contribution in [3.8, 4) is 0 Å². The summed E-state index contributed by atoms with van der Waals surface area (Å²) in [6, 6.07) is 0. The highest BCUT2D eigenvalue weighted by Gasteiger charge is 2.38. The molecule has 0 saturated heterocycles. The number of hydrogen-bond donors (Lipinski definition) is 3. The second-order valence-electron chi connectivity index (χ2n) is 6.00. The van der Waals surface area contributed by atoms with Gasteiger partial charge in [0, 0.05) is 30.8 Å². The summed E-state index contributed by atoms with van der Waals surface area (Å²) in [5, 5.41) is 15.1. The van der Waals surface area contributed by atoms with Crippen molar-refractivity contribution in [1.82, 2.24) is 10.6 Å². The SMILES string of the molecule is CCC(CC)(CO)CNC(=O)CCNC(=O)C1CC1C. The first-order valence-corrected chi connectivity index (χ1v) is 7.63. The number of nitrogens with one attached hydrogen (secondary N) is 2. The number of aliphatic hydroxyl groups is 1. The third-order valence-corrected chi connectivity index (χ3v) is 4.59. The van der Waals surface area contributed by atoms with Crippen LogP contribution in [0.25, 0.3) is 0 Å². The van der Waals surface area contributed by atoms with Gasteiger partial charge in [-0.2, -0.15) is 0 Å². The van der Waals surface area contributed by atoms with Crippen molar-refractivity contribution >= 4 is 11.8 Å². The maximum absolute atomic E-state index is 11.7. The minimum absolute atomic E-state index is 0.0668. The van der Waals surface area contributed by atoms with E-state index in [9.17, 15) is 14.7 Å². The molecule has 20 heavy (non-hydrogen) atoms. The second-order valence-corrected chi connectivity index (χ2v) is 6.00. The summed E-state index contributed by atoms with van der Waals surface area (Å²) in [5.74, 6) is 0.634. The van der Waals surface area contributed by atoms with E-state index in [1.807, 2.05) is 13.8 Å². The van der Waals surface area contributed by atoms with Crippen molar-refractivity contribution in [1.29, 1.82) is 0 Å². The Morgan fingerprint density at radius 2 is 1.85 bits per heavy atom. The molecule has 0 radical (unpaired) electrons. The third-order valence-electron chi connectivity index (χ3n) is 4.59. The molecule has 2 unspecified atom stereocenters. The van der Waals surface area contributed by atoms with E-state index in [0.717, 1.165) is 19.3 Å². The summed E-state index contributed by atoms with van der Waals surface area (Å²) in [5.41, 5.74) is -0.220. The highest BCUT2D eigenvalue weighted by atomic mass is 16.3. The molecule has 2 atom stereocenters. The predicted molar refractivity (Wildman–Crippen MR) is 78.0 cm³/mol. The summed E-state index contributed by atoms with van der Waals surface area (Å²) in [4.78, 5) is 23.3. The fourth-order valence-corrected chi connectivity index (χ4v) is 2.27. The van der Waals surface area contributed by atoms with Gasteiger partial charge in [-0.3, -0.25) is 9.59 Å². The molecule has 2 amide bonds. The molecule has 0 aliphatic heterocycles. The molecular weight excluding hydrogens is 256 g/mol. The first-order valence-electron chi connectivity index (χ1n) is 7.63. The summed E-state index contributed by atoms with van der Waals surface area (Å²) >= 11 is 0. The predicted octanol–water partition coefficient (Wildman–Crippen LogP) is 1.06. The zero-order valence-electron chi connectivity index (χ0n) is 12.9. The zero-order valence-corrected chi connectivity index (χ0v) is 12.9. The Morgan fingerprint density at radius 1 is 1.25 bits per heavy atom. The van der Waals surface area contributed by atoms with Crippen LogP contribution in [0.2, 0.25) is 0 Å². The Balaban J connectivity index is 2.18. The topological polar surface area (TPSA) is 78.4 Å². The summed E-state index contributed by atoms with van der Waals surface area (Å²) in [6.45, 7) is 7.05. The Labute approximate surface area is 121 Å². The Morgan fingerprint density at radius 3 is 2.30 bits per heavy atom. The molecule has 116 valence electrons. The van der Waals surface area contributed by atoms with E-state index in [0.29, 0.717) is 25.4 Å². The average molecular weight is 284 g/mol. The van der Waals surface area contributed by atoms with E-state index in [-0.39, 0.29) is 29.8 Å². The van der Waals surface area contributed by atoms with Gasteiger partial charge in [0.2, 0.25) is 11.8 Å². The van der Waals surface area contributed by atoms with Gasteiger partial charge in [0.05, 0.1) is 6.61 Å². The molecule has 1 rings (SSSR count). The maximum atomic E-state index is 11.7. The summed E-state index contributed by atoms with van der Waals surface area (Å²) < 4.78 is 0. The molecule has 0 aromatic rings. The minimum atomic E-state index is -0.220. The molecule has 1 aliphatic carbocycles.